The molecule has 20 heteroatoms. The van der Waals surface area contributed by atoms with E-state index in [4.69, 9.17) is 18.9 Å². The summed E-state index contributed by atoms with van der Waals surface area (Å²) < 4.78 is 103. The molecule has 4 aromatic heterocycles. The predicted octanol–water partition coefficient (Wildman–Crippen LogP) is 13.3. The van der Waals surface area contributed by atoms with Crippen molar-refractivity contribution in [3.63, 3.8) is 0 Å². The molecular weight excluding hydrogens is 1070 g/mol. The summed E-state index contributed by atoms with van der Waals surface area (Å²) in [6.45, 7) is 4.69. The number of ether oxygens (including phenoxy) is 4. The number of carbonyl (C=O) groups excluding carboxylic acids is 6. The van der Waals surface area contributed by atoms with Crippen LogP contribution in [0.1, 0.15) is 115 Å². The normalized spacial score (nSPS) is 18.5. The summed E-state index contributed by atoms with van der Waals surface area (Å²) in [7, 11) is 0. The Morgan fingerprint density at radius 1 is 0.408 bits per heavy atom. The third-order valence-corrected chi connectivity index (χ3v) is 17.9. The van der Waals surface area contributed by atoms with Crippen molar-refractivity contribution in [2.75, 3.05) is 26.4 Å². The minimum absolute atomic E-state index is 0.0250. The average molecular weight is 1110 g/mol. The molecule has 384 valence electrons. The van der Waals surface area contributed by atoms with Crippen molar-refractivity contribution in [1.29, 1.82) is 0 Å². The fourth-order valence-corrected chi connectivity index (χ4v) is 14.1. The van der Waals surface area contributed by atoms with Crippen molar-refractivity contribution in [1.82, 2.24) is 0 Å². The quantitative estimate of drug-likeness (QED) is 0.0821. The number of hydrogen-bond donors (Lipinski definition) is 0. The van der Waals surface area contributed by atoms with E-state index in [1.807, 2.05) is 26.0 Å². The van der Waals surface area contributed by atoms with Crippen molar-refractivity contribution in [2.45, 2.75) is 37.8 Å². The number of rotatable bonds is 8. The van der Waals surface area contributed by atoms with Crippen LogP contribution in [0.25, 0.3) is 19.5 Å². The fraction of sp³-hybridized carbons (Fsp3) is 0.179. The van der Waals surface area contributed by atoms with Crippen molar-refractivity contribution in [3.8, 4) is 19.5 Å². The van der Waals surface area contributed by atoms with Crippen LogP contribution in [-0.4, -0.2) is 61.1 Å². The van der Waals surface area contributed by atoms with Gasteiger partial charge in [-0.3, -0.25) is 28.8 Å². The van der Waals surface area contributed by atoms with E-state index in [1.54, 1.807) is 48.5 Å². The van der Waals surface area contributed by atoms with Gasteiger partial charge in [0.05, 0.1) is 76.6 Å². The zero-order chi connectivity index (χ0) is 53.6. The van der Waals surface area contributed by atoms with Crippen molar-refractivity contribution < 1.29 is 74.1 Å². The van der Waals surface area contributed by atoms with E-state index in [9.17, 15) is 55.1 Å². The molecule has 0 spiro atoms. The SMILES string of the molecule is Cc1ccc(C(=O)c2cc3c(s2)-c2sc(C(=O)c4ccc(C(F)(F)F)cc4)cc2C(=O)C3=O)cc1.Cc1ccc(C(=O)c2cc3c(s2)-c2sc(C(=O)c4ccc(C(F)(F)F)cc4)cc2C24OCCOC32OCCO4)cc1. The fourth-order valence-electron chi connectivity index (χ4n) is 9.23. The van der Waals surface area contributed by atoms with Crippen LogP contribution < -0.4 is 0 Å². The Balaban J connectivity index is 0.000000164. The largest absolute Gasteiger partial charge is 0.416 e. The van der Waals surface area contributed by atoms with Crippen LogP contribution in [0, 0.1) is 13.8 Å². The minimum Gasteiger partial charge on any atom is -0.339 e. The van der Waals surface area contributed by atoms with Crippen LogP contribution in [0.5, 0.6) is 0 Å². The van der Waals surface area contributed by atoms with Gasteiger partial charge in [-0.05, 0) is 62.4 Å². The molecule has 12 rings (SSSR count). The molecule has 2 aliphatic heterocycles. The first kappa shape index (κ1) is 51.2. The summed E-state index contributed by atoms with van der Waals surface area (Å²) in [4.78, 5) is 81.7. The standard InChI is InChI=1S/C30H21F3O6S2.C26H13F3O4S2/c1-16-2-4-17(5-3-16)24(34)22-14-20-26(40-22)27-21(29-28(20,36-10-12-38-29)37-11-13-39-29)15-23(41-27)25(35)18-6-8-19(9-7-18)30(31,32)33;1-12-2-4-13(5-3-12)20(30)18-10-16-22(32)23(33)17-11-19(35-25(17)24(16)34-18)21(31)14-6-8-15(9-7-14)26(27,28)29/h2-9,14-15H,10-13H2,1H3;2-11H,1H3. The number of Topliss-reactive ketones (excluding diaryl/α,β-unsaturated/α-hetero) is 2. The first-order valence-electron chi connectivity index (χ1n) is 23.1. The Labute approximate surface area is 443 Å². The summed E-state index contributed by atoms with van der Waals surface area (Å²) in [6.07, 6.45) is -9.04. The maximum absolute atomic E-state index is 13.5. The van der Waals surface area contributed by atoms with Crippen LogP contribution in [0.4, 0.5) is 26.3 Å². The predicted molar refractivity (Wildman–Crippen MR) is 270 cm³/mol. The lowest BCUT2D eigenvalue weighted by molar-refractivity contribution is -0.483. The van der Waals surface area contributed by atoms with Crippen molar-refractivity contribution in [2.24, 2.45) is 0 Å². The molecule has 4 aliphatic rings. The van der Waals surface area contributed by atoms with E-state index in [1.165, 1.54) is 46.9 Å². The minimum atomic E-state index is -4.53. The van der Waals surface area contributed by atoms with E-state index < -0.39 is 58.2 Å². The Hall–Kier alpha value is -6.88. The van der Waals surface area contributed by atoms with Crippen LogP contribution in [0.2, 0.25) is 0 Å². The van der Waals surface area contributed by atoms with Gasteiger partial charge in [0.1, 0.15) is 0 Å². The first-order chi connectivity index (χ1) is 36.2. The number of halogens is 6. The van der Waals surface area contributed by atoms with Crippen LogP contribution in [0.15, 0.2) is 121 Å². The molecule has 2 aliphatic carbocycles. The third kappa shape index (κ3) is 8.66. The molecule has 2 saturated heterocycles. The maximum Gasteiger partial charge on any atom is 0.416 e. The lowest BCUT2D eigenvalue weighted by Gasteiger charge is -2.55. The van der Waals surface area contributed by atoms with Gasteiger partial charge in [0.25, 0.3) is 11.6 Å². The van der Waals surface area contributed by atoms with Crippen LogP contribution >= 0.6 is 45.3 Å². The topological polar surface area (TPSA) is 139 Å². The highest BCUT2D eigenvalue weighted by atomic mass is 32.1. The Kier molecular flexibility index (Phi) is 12.8. The molecule has 76 heavy (non-hydrogen) atoms. The molecule has 10 nitrogen and oxygen atoms in total. The zero-order valence-electron chi connectivity index (χ0n) is 39.4. The van der Waals surface area contributed by atoms with E-state index in [0.29, 0.717) is 46.6 Å². The van der Waals surface area contributed by atoms with Crippen molar-refractivity contribution in [3.05, 3.63) is 208 Å². The summed E-state index contributed by atoms with van der Waals surface area (Å²) in [5.41, 5.74) is 2.69. The van der Waals surface area contributed by atoms with Gasteiger partial charge in [-0.15, -0.1) is 45.3 Å². The number of benzene rings is 4. The molecule has 4 aromatic carbocycles. The van der Waals surface area contributed by atoms with E-state index >= 15 is 0 Å². The number of fused-ring (bicyclic) bond motifs is 6. The van der Waals surface area contributed by atoms with E-state index in [-0.39, 0.29) is 74.9 Å². The molecule has 0 atom stereocenters. The van der Waals surface area contributed by atoms with Gasteiger partial charge in [0, 0.05) is 44.5 Å². The number of alkyl halides is 6. The summed E-state index contributed by atoms with van der Waals surface area (Å²) >= 11 is 4.48. The van der Waals surface area contributed by atoms with Crippen LogP contribution in [-0.2, 0) is 42.9 Å². The Morgan fingerprint density at radius 2 is 0.671 bits per heavy atom. The highest BCUT2D eigenvalue weighted by Gasteiger charge is 2.67. The molecule has 0 saturated carbocycles. The van der Waals surface area contributed by atoms with Gasteiger partial charge in [-0.25, -0.2) is 0 Å². The lowest BCUT2D eigenvalue weighted by atomic mass is 9.83. The second-order valence-corrected chi connectivity index (χ2v) is 22.1. The molecule has 8 aromatic rings. The van der Waals surface area contributed by atoms with E-state index in [0.717, 1.165) is 70.2 Å². The summed E-state index contributed by atoms with van der Waals surface area (Å²) in [6, 6.07) is 28.2. The molecule has 0 amide bonds. The summed E-state index contributed by atoms with van der Waals surface area (Å²) in [5, 5.41) is 0. The second-order valence-electron chi connectivity index (χ2n) is 17.9. The van der Waals surface area contributed by atoms with Crippen molar-refractivity contribution >= 4 is 80.0 Å². The molecule has 6 heterocycles. The Bertz CT molecular complexity index is 3700. The number of carbonyl (C=O) groups is 6. The smallest absolute Gasteiger partial charge is 0.339 e. The van der Waals surface area contributed by atoms with Gasteiger partial charge in [0.15, 0.2) is 0 Å². The lowest BCUT2D eigenvalue weighted by Crippen LogP contribution is -2.63. The second kappa shape index (κ2) is 19.0. The van der Waals surface area contributed by atoms with Gasteiger partial charge >= 0.3 is 12.4 Å². The molecule has 2 fully saturated rings. The molecule has 0 bridgehead atoms. The maximum atomic E-state index is 13.5. The monoisotopic (exact) mass is 1110 g/mol. The number of hydrogen-bond acceptors (Lipinski definition) is 14. The van der Waals surface area contributed by atoms with Gasteiger partial charge < -0.3 is 18.9 Å². The van der Waals surface area contributed by atoms with Gasteiger partial charge in [-0.2, -0.15) is 26.3 Å². The van der Waals surface area contributed by atoms with E-state index in [2.05, 4.69) is 0 Å². The third-order valence-electron chi connectivity index (χ3n) is 13.0. The molecular formula is C56H34F6O10S4. The highest BCUT2D eigenvalue weighted by molar-refractivity contribution is 7.25. The number of ketones is 6. The highest BCUT2D eigenvalue weighted by Crippen LogP contribution is 2.63. The first-order valence-corrected chi connectivity index (χ1v) is 26.3. The molecule has 0 unspecified atom stereocenters. The molecule has 0 radical (unpaired) electrons. The number of thiophene rings is 4. The summed E-state index contributed by atoms with van der Waals surface area (Å²) in [5.74, 6) is -6.03. The van der Waals surface area contributed by atoms with Gasteiger partial charge in [0.2, 0.25) is 34.7 Å². The van der Waals surface area contributed by atoms with Gasteiger partial charge in [-0.1, -0.05) is 83.9 Å². The number of aryl methyl sites for hydroxylation is 2. The average Bonchev–Trinajstić information content (AvgIpc) is 4.27. The molecule has 0 N–H and O–H groups in total. The van der Waals surface area contributed by atoms with Crippen LogP contribution in [0.3, 0.4) is 0 Å². The Morgan fingerprint density at radius 3 is 0.961 bits per heavy atom. The zero-order valence-corrected chi connectivity index (χ0v) is 42.6.